The second kappa shape index (κ2) is 9.90. The van der Waals surface area contributed by atoms with Gasteiger partial charge in [0.2, 0.25) is 5.91 Å². The molecule has 136 valence electrons. The van der Waals surface area contributed by atoms with Gasteiger partial charge in [0.05, 0.1) is 12.6 Å². The van der Waals surface area contributed by atoms with Gasteiger partial charge >= 0.3 is 0 Å². The van der Waals surface area contributed by atoms with E-state index in [2.05, 4.69) is 24.4 Å². The molecule has 0 saturated heterocycles. The smallest absolute Gasteiger partial charge is 0.220 e. The van der Waals surface area contributed by atoms with E-state index < -0.39 is 0 Å². The van der Waals surface area contributed by atoms with Crippen LogP contribution in [0, 0.1) is 5.92 Å². The summed E-state index contributed by atoms with van der Waals surface area (Å²) in [6, 6.07) is 8.20. The van der Waals surface area contributed by atoms with Crippen LogP contribution in [-0.4, -0.2) is 25.1 Å². The molecule has 1 unspecified atom stereocenters. The van der Waals surface area contributed by atoms with Gasteiger partial charge in [0.25, 0.3) is 0 Å². The summed E-state index contributed by atoms with van der Waals surface area (Å²) in [5.74, 6) is 1.62. The van der Waals surface area contributed by atoms with Gasteiger partial charge in [-0.1, -0.05) is 18.6 Å². The van der Waals surface area contributed by atoms with Gasteiger partial charge in [-0.15, -0.1) is 12.4 Å². The first kappa shape index (κ1) is 20.8. The van der Waals surface area contributed by atoms with Gasteiger partial charge < -0.3 is 15.8 Å². The minimum Gasteiger partial charge on any atom is -0.497 e. The van der Waals surface area contributed by atoms with Crippen LogP contribution in [-0.2, 0) is 11.2 Å². The SMILES string of the molecule is COc1ccc(CCCCCC(=O)NC(C)(CN)C2CC2)cc1.Cl. The molecule has 1 amide bonds. The van der Waals surface area contributed by atoms with Crippen molar-refractivity contribution in [1.29, 1.82) is 0 Å². The van der Waals surface area contributed by atoms with Gasteiger partial charge in [0, 0.05) is 13.0 Å². The summed E-state index contributed by atoms with van der Waals surface area (Å²) in [5.41, 5.74) is 6.96. The molecule has 1 saturated carbocycles. The van der Waals surface area contributed by atoms with Crippen LogP contribution in [0.3, 0.4) is 0 Å². The molecule has 3 N–H and O–H groups in total. The number of hydrogen-bond donors (Lipinski definition) is 2. The number of aryl methyl sites for hydroxylation is 1. The standard InChI is InChI=1S/C19H30N2O2.ClH/c1-19(14-20,16-10-11-16)21-18(22)7-5-3-4-6-15-8-12-17(23-2)13-9-15;/h8-9,12-13,16H,3-7,10-11,14,20H2,1-2H3,(H,21,22);1H. The molecule has 2 rings (SSSR count). The van der Waals surface area contributed by atoms with Crippen molar-refractivity contribution in [3.8, 4) is 5.75 Å². The van der Waals surface area contributed by atoms with Gasteiger partial charge in [-0.25, -0.2) is 0 Å². The minimum absolute atomic E-state index is 0. The minimum atomic E-state index is -0.194. The lowest BCUT2D eigenvalue weighted by molar-refractivity contribution is -0.123. The molecule has 1 aromatic rings. The Labute approximate surface area is 151 Å². The molecule has 5 heteroatoms. The zero-order valence-corrected chi connectivity index (χ0v) is 15.7. The number of benzene rings is 1. The number of hydrogen-bond acceptors (Lipinski definition) is 3. The van der Waals surface area contributed by atoms with E-state index in [1.807, 2.05) is 12.1 Å². The number of ether oxygens (including phenoxy) is 1. The molecule has 0 radical (unpaired) electrons. The number of amides is 1. The van der Waals surface area contributed by atoms with Crippen molar-refractivity contribution >= 4 is 18.3 Å². The van der Waals surface area contributed by atoms with E-state index in [9.17, 15) is 4.79 Å². The summed E-state index contributed by atoms with van der Waals surface area (Å²) in [5, 5.41) is 3.15. The third kappa shape index (κ3) is 6.33. The highest BCUT2D eigenvalue weighted by atomic mass is 35.5. The third-order valence-corrected chi connectivity index (χ3v) is 4.86. The summed E-state index contributed by atoms with van der Waals surface area (Å²) >= 11 is 0. The molecule has 0 aliphatic heterocycles. The maximum absolute atomic E-state index is 12.1. The fourth-order valence-electron chi connectivity index (χ4n) is 3.00. The highest BCUT2D eigenvalue weighted by Crippen LogP contribution is 2.39. The Morgan fingerprint density at radius 1 is 1.25 bits per heavy atom. The number of nitrogens with two attached hydrogens (primary N) is 1. The zero-order chi connectivity index (χ0) is 16.7. The number of halogens is 1. The van der Waals surface area contributed by atoms with Crippen LogP contribution in [0.15, 0.2) is 24.3 Å². The highest BCUT2D eigenvalue weighted by Gasteiger charge is 2.41. The number of carbonyl (C=O) groups is 1. The lowest BCUT2D eigenvalue weighted by Gasteiger charge is -2.29. The highest BCUT2D eigenvalue weighted by molar-refractivity contribution is 5.85. The lowest BCUT2D eigenvalue weighted by Crippen LogP contribution is -2.53. The molecule has 1 fully saturated rings. The van der Waals surface area contributed by atoms with Crippen LogP contribution in [0.5, 0.6) is 5.75 Å². The van der Waals surface area contributed by atoms with Gasteiger partial charge in [-0.3, -0.25) is 4.79 Å². The van der Waals surface area contributed by atoms with Gasteiger partial charge in [0.15, 0.2) is 0 Å². The number of methoxy groups -OCH3 is 1. The Hall–Kier alpha value is -1.26. The molecule has 1 aromatic carbocycles. The van der Waals surface area contributed by atoms with Crippen LogP contribution in [0.2, 0.25) is 0 Å². The van der Waals surface area contributed by atoms with Crippen molar-refractivity contribution in [1.82, 2.24) is 5.32 Å². The third-order valence-electron chi connectivity index (χ3n) is 4.86. The van der Waals surface area contributed by atoms with Crippen molar-refractivity contribution in [2.45, 2.75) is 57.4 Å². The monoisotopic (exact) mass is 354 g/mol. The lowest BCUT2D eigenvalue weighted by atomic mass is 9.95. The summed E-state index contributed by atoms with van der Waals surface area (Å²) < 4.78 is 5.16. The average molecular weight is 355 g/mol. The quantitative estimate of drug-likeness (QED) is 0.632. The van der Waals surface area contributed by atoms with E-state index in [1.54, 1.807) is 7.11 Å². The van der Waals surface area contributed by atoms with Crippen molar-refractivity contribution in [2.24, 2.45) is 11.7 Å². The second-order valence-electron chi connectivity index (χ2n) is 6.85. The molecule has 1 aliphatic rings. The van der Waals surface area contributed by atoms with E-state index in [4.69, 9.17) is 10.5 Å². The van der Waals surface area contributed by atoms with Gasteiger partial charge in [-0.05, 0) is 62.6 Å². The Morgan fingerprint density at radius 3 is 2.46 bits per heavy atom. The summed E-state index contributed by atoms with van der Waals surface area (Å²) in [7, 11) is 1.68. The average Bonchev–Trinajstić information content (AvgIpc) is 3.40. The first-order valence-corrected chi connectivity index (χ1v) is 8.71. The normalized spacial score (nSPS) is 16.0. The molecule has 0 bridgehead atoms. The predicted octanol–water partition coefficient (Wildman–Crippen LogP) is 3.46. The van der Waals surface area contributed by atoms with E-state index in [-0.39, 0.29) is 23.9 Å². The maximum Gasteiger partial charge on any atom is 0.220 e. The van der Waals surface area contributed by atoms with Crippen LogP contribution < -0.4 is 15.8 Å². The van der Waals surface area contributed by atoms with Crippen LogP contribution >= 0.6 is 12.4 Å². The predicted molar refractivity (Wildman–Crippen MR) is 101 cm³/mol. The molecule has 24 heavy (non-hydrogen) atoms. The number of nitrogens with one attached hydrogen (secondary N) is 1. The number of unbranched alkanes of at least 4 members (excludes halogenated alkanes) is 2. The van der Waals surface area contributed by atoms with Crippen molar-refractivity contribution in [3.63, 3.8) is 0 Å². The molecule has 0 spiro atoms. The second-order valence-corrected chi connectivity index (χ2v) is 6.85. The molecular formula is C19H31ClN2O2. The Bertz CT molecular complexity index is 503. The van der Waals surface area contributed by atoms with E-state index >= 15 is 0 Å². The topological polar surface area (TPSA) is 64.3 Å². The summed E-state index contributed by atoms with van der Waals surface area (Å²) in [6.07, 6.45) is 7.15. The van der Waals surface area contributed by atoms with E-state index in [0.717, 1.165) is 31.4 Å². The van der Waals surface area contributed by atoms with Crippen molar-refractivity contribution in [3.05, 3.63) is 29.8 Å². The van der Waals surface area contributed by atoms with E-state index in [0.29, 0.717) is 18.9 Å². The maximum atomic E-state index is 12.1. The first-order valence-electron chi connectivity index (χ1n) is 8.71. The molecule has 0 aromatic heterocycles. The Kier molecular flexibility index (Phi) is 8.57. The molecule has 1 atom stereocenters. The zero-order valence-electron chi connectivity index (χ0n) is 14.8. The number of carbonyl (C=O) groups excluding carboxylic acids is 1. The summed E-state index contributed by atoms with van der Waals surface area (Å²) in [6.45, 7) is 2.60. The summed E-state index contributed by atoms with van der Waals surface area (Å²) in [4.78, 5) is 12.1. The van der Waals surface area contributed by atoms with Crippen LogP contribution in [0.4, 0.5) is 0 Å². The van der Waals surface area contributed by atoms with Gasteiger partial charge in [-0.2, -0.15) is 0 Å². The fourth-order valence-corrected chi connectivity index (χ4v) is 3.00. The molecule has 4 nitrogen and oxygen atoms in total. The van der Waals surface area contributed by atoms with Gasteiger partial charge in [0.1, 0.15) is 5.75 Å². The van der Waals surface area contributed by atoms with Crippen molar-refractivity contribution < 1.29 is 9.53 Å². The largest absolute Gasteiger partial charge is 0.497 e. The first-order chi connectivity index (χ1) is 11.1. The Morgan fingerprint density at radius 2 is 1.92 bits per heavy atom. The van der Waals surface area contributed by atoms with E-state index in [1.165, 1.54) is 18.4 Å². The van der Waals surface area contributed by atoms with Crippen LogP contribution in [0.1, 0.15) is 51.0 Å². The fraction of sp³-hybridized carbons (Fsp3) is 0.632. The van der Waals surface area contributed by atoms with Crippen LogP contribution in [0.25, 0.3) is 0 Å². The molecular weight excluding hydrogens is 324 g/mol. The number of rotatable bonds is 10. The molecule has 0 heterocycles. The van der Waals surface area contributed by atoms with Crippen molar-refractivity contribution in [2.75, 3.05) is 13.7 Å². The molecule has 1 aliphatic carbocycles. The Balaban J connectivity index is 0.00000288.